The zero-order valence-corrected chi connectivity index (χ0v) is 13.4. The first kappa shape index (κ1) is 16.5. The van der Waals surface area contributed by atoms with Crippen molar-refractivity contribution < 1.29 is 17.9 Å². The Hall–Kier alpha value is -2.34. The number of nitrogens with zero attached hydrogens (tertiary/aromatic N) is 2. The number of halogens is 3. The lowest BCUT2D eigenvalue weighted by Crippen LogP contribution is -2.07. The van der Waals surface area contributed by atoms with Gasteiger partial charge in [-0.3, -0.25) is 0 Å². The molecule has 0 unspecified atom stereocenters. The molecule has 0 N–H and O–H groups in total. The van der Waals surface area contributed by atoms with E-state index >= 15 is 0 Å². The minimum Gasteiger partial charge on any atom is -0.383 e. The third-order valence-electron chi connectivity index (χ3n) is 3.98. The normalized spacial score (nSPS) is 12.0. The van der Waals surface area contributed by atoms with Crippen LogP contribution in [0.5, 0.6) is 0 Å². The molecule has 0 spiro atoms. The number of aromatic nitrogens is 2. The lowest BCUT2D eigenvalue weighted by molar-refractivity contribution is -0.137. The Kier molecular flexibility index (Phi) is 4.32. The summed E-state index contributed by atoms with van der Waals surface area (Å²) < 4.78 is 45.9. The first-order valence-electron chi connectivity index (χ1n) is 7.54. The monoisotopic (exact) mass is 334 g/mol. The quantitative estimate of drug-likeness (QED) is 0.693. The standard InChI is InChI=1S/C18H17F3N2O/c1-12-5-3-4-6-14(12)17-22-15-11-13(18(19,20)21)7-8-16(15)23(17)9-10-24-2/h3-8,11H,9-10H2,1-2H3. The molecule has 0 aliphatic rings. The van der Waals surface area contributed by atoms with Crippen molar-refractivity contribution in [3.8, 4) is 11.4 Å². The molecular formula is C18H17F3N2O. The second-order valence-corrected chi connectivity index (χ2v) is 5.60. The summed E-state index contributed by atoms with van der Waals surface area (Å²) in [7, 11) is 1.59. The van der Waals surface area contributed by atoms with Gasteiger partial charge in [-0.25, -0.2) is 4.98 Å². The van der Waals surface area contributed by atoms with Crippen LogP contribution in [0.1, 0.15) is 11.1 Å². The average Bonchev–Trinajstić information content (AvgIpc) is 2.90. The van der Waals surface area contributed by atoms with Crippen molar-refractivity contribution in [3.05, 3.63) is 53.6 Å². The fourth-order valence-electron chi connectivity index (χ4n) is 2.74. The second-order valence-electron chi connectivity index (χ2n) is 5.60. The van der Waals surface area contributed by atoms with Gasteiger partial charge in [-0.2, -0.15) is 13.2 Å². The molecule has 0 radical (unpaired) electrons. The molecule has 126 valence electrons. The Morgan fingerprint density at radius 1 is 1.12 bits per heavy atom. The second kappa shape index (κ2) is 6.28. The highest BCUT2D eigenvalue weighted by molar-refractivity contribution is 5.82. The Bertz CT molecular complexity index is 868. The van der Waals surface area contributed by atoms with E-state index in [-0.39, 0.29) is 0 Å². The van der Waals surface area contributed by atoms with Crippen LogP contribution in [0, 0.1) is 6.92 Å². The summed E-state index contributed by atoms with van der Waals surface area (Å²) in [6.45, 7) is 2.92. The molecule has 3 nitrogen and oxygen atoms in total. The molecule has 3 aromatic rings. The predicted octanol–water partition coefficient (Wildman–Crippen LogP) is 4.68. The van der Waals surface area contributed by atoms with Crippen LogP contribution in [0.15, 0.2) is 42.5 Å². The van der Waals surface area contributed by atoms with Gasteiger partial charge in [0, 0.05) is 19.2 Å². The van der Waals surface area contributed by atoms with Crippen molar-refractivity contribution in [2.75, 3.05) is 13.7 Å². The van der Waals surface area contributed by atoms with Crippen molar-refractivity contribution in [3.63, 3.8) is 0 Å². The summed E-state index contributed by atoms with van der Waals surface area (Å²) >= 11 is 0. The molecule has 0 aliphatic heterocycles. The van der Waals surface area contributed by atoms with Crippen LogP contribution >= 0.6 is 0 Å². The molecule has 2 aromatic carbocycles. The van der Waals surface area contributed by atoms with Crippen LogP contribution in [0.4, 0.5) is 13.2 Å². The van der Waals surface area contributed by atoms with Crippen LogP contribution in [-0.4, -0.2) is 23.3 Å². The van der Waals surface area contributed by atoms with E-state index in [1.54, 1.807) is 7.11 Å². The highest BCUT2D eigenvalue weighted by Gasteiger charge is 2.31. The molecule has 6 heteroatoms. The number of hydrogen-bond acceptors (Lipinski definition) is 2. The van der Waals surface area contributed by atoms with E-state index in [4.69, 9.17) is 4.74 Å². The predicted molar refractivity (Wildman–Crippen MR) is 86.8 cm³/mol. The van der Waals surface area contributed by atoms with Crippen LogP contribution in [0.2, 0.25) is 0 Å². The lowest BCUT2D eigenvalue weighted by atomic mass is 10.1. The number of alkyl halides is 3. The summed E-state index contributed by atoms with van der Waals surface area (Å²) in [5, 5.41) is 0. The third-order valence-corrected chi connectivity index (χ3v) is 3.98. The van der Waals surface area contributed by atoms with Gasteiger partial charge in [0.15, 0.2) is 0 Å². The van der Waals surface area contributed by atoms with Gasteiger partial charge in [0.2, 0.25) is 0 Å². The van der Waals surface area contributed by atoms with Gasteiger partial charge in [-0.1, -0.05) is 24.3 Å². The first-order valence-corrected chi connectivity index (χ1v) is 7.54. The molecule has 0 atom stereocenters. The zero-order valence-electron chi connectivity index (χ0n) is 13.4. The summed E-state index contributed by atoms with van der Waals surface area (Å²) in [6.07, 6.45) is -4.38. The smallest absolute Gasteiger partial charge is 0.383 e. The van der Waals surface area contributed by atoms with Gasteiger partial charge in [0.1, 0.15) is 5.82 Å². The van der Waals surface area contributed by atoms with Crippen molar-refractivity contribution in [1.82, 2.24) is 9.55 Å². The fraction of sp³-hybridized carbons (Fsp3) is 0.278. The molecule has 24 heavy (non-hydrogen) atoms. The van der Waals surface area contributed by atoms with E-state index in [1.165, 1.54) is 6.07 Å². The maximum atomic E-state index is 13.0. The highest BCUT2D eigenvalue weighted by Crippen LogP contribution is 2.33. The molecular weight excluding hydrogens is 317 g/mol. The van der Waals surface area contributed by atoms with Crippen molar-refractivity contribution in [2.45, 2.75) is 19.6 Å². The van der Waals surface area contributed by atoms with E-state index in [2.05, 4.69) is 4.98 Å². The van der Waals surface area contributed by atoms with Crippen LogP contribution in [-0.2, 0) is 17.5 Å². The van der Waals surface area contributed by atoms with Gasteiger partial charge in [0.05, 0.1) is 23.2 Å². The maximum absolute atomic E-state index is 13.0. The van der Waals surface area contributed by atoms with E-state index in [9.17, 15) is 13.2 Å². The Balaban J connectivity index is 2.22. The van der Waals surface area contributed by atoms with Crippen molar-refractivity contribution in [1.29, 1.82) is 0 Å². The Morgan fingerprint density at radius 2 is 1.88 bits per heavy atom. The van der Waals surface area contributed by atoms with Crippen LogP contribution in [0.3, 0.4) is 0 Å². The zero-order chi connectivity index (χ0) is 17.3. The summed E-state index contributed by atoms with van der Waals surface area (Å²) in [5.41, 5.74) is 2.22. The van der Waals surface area contributed by atoms with Gasteiger partial charge in [0.25, 0.3) is 0 Å². The van der Waals surface area contributed by atoms with Crippen LogP contribution in [0.25, 0.3) is 22.4 Å². The lowest BCUT2D eigenvalue weighted by Gasteiger charge is -2.11. The summed E-state index contributed by atoms with van der Waals surface area (Å²) in [5.74, 6) is 0.652. The van der Waals surface area contributed by atoms with Gasteiger partial charge >= 0.3 is 6.18 Å². The number of rotatable bonds is 4. The SMILES string of the molecule is COCCn1c(-c2ccccc2C)nc2cc(C(F)(F)F)ccc21. The minimum atomic E-state index is -4.38. The largest absolute Gasteiger partial charge is 0.416 e. The van der Waals surface area contributed by atoms with E-state index in [0.29, 0.717) is 30.0 Å². The van der Waals surface area contributed by atoms with Gasteiger partial charge in [-0.05, 0) is 30.7 Å². The van der Waals surface area contributed by atoms with Crippen LogP contribution < -0.4 is 0 Å². The van der Waals surface area contributed by atoms with E-state index < -0.39 is 11.7 Å². The maximum Gasteiger partial charge on any atom is 0.416 e. The molecule has 0 fully saturated rings. The van der Waals surface area contributed by atoms with Crippen molar-refractivity contribution in [2.24, 2.45) is 0 Å². The van der Waals surface area contributed by atoms with Crippen molar-refractivity contribution >= 4 is 11.0 Å². The molecule has 0 saturated heterocycles. The molecule has 0 saturated carbocycles. The number of ether oxygens (including phenoxy) is 1. The number of benzene rings is 2. The molecule has 0 amide bonds. The number of methoxy groups -OCH3 is 1. The highest BCUT2D eigenvalue weighted by atomic mass is 19.4. The molecule has 0 bridgehead atoms. The molecule has 0 aliphatic carbocycles. The number of aryl methyl sites for hydroxylation is 1. The van der Waals surface area contributed by atoms with Gasteiger partial charge < -0.3 is 9.30 Å². The number of fused-ring (bicyclic) bond motifs is 1. The Morgan fingerprint density at radius 3 is 2.54 bits per heavy atom. The fourth-order valence-corrected chi connectivity index (χ4v) is 2.74. The Labute approximate surface area is 137 Å². The molecule has 3 rings (SSSR count). The average molecular weight is 334 g/mol. The summed E-state index contributed by atoms with van der Waals surface area (Å²) in [6, 6.07) is 11.4. The molecule has 1 aromatic heterocycles. The van der Waals surface area contributed by atoms with Gasteiger partial charge in [-0.15, -0.1) is 0 Å². The third kappa shape index (κ3) is 3.01. The summed E-state index contributed by atoms with van der Waals surface area (Å²) in [4.78, 5) is 4.48. The first-order chi connectivity index (χ1) is 11.4. The minimum absolute atomic E-state index is 0.333. The topological polar surface area (TPSA) is 27.1 Å². The molecule has 1 heterocycles. The van der Waals surface area contributed by atoms with E-state index in [1.807, 2.05) is 35.8 Å². The number of imidazole rings is 1. The number of hydrogen-bond donors (Lipinski definition) is 0. The van der Waals surface area contributed by atoms with E-state index in [0.717, 1.165) is 23.3 Å².